The number of hydrogen-bond donors (Lipinski definition) is 1. The molecule has 1 aromatic rings. The quantitative estimate of drug-likeness (QED) is 0.851. The van der Waals surface area contributed by atoms with Crippen molar-refractivity contribution >= 4 is 11.6 Å². The molecule has 0 radical (unpaired) electrons. The molecule has 18 heavy (non-hydrogen) atoms. The second kappa shape index (κ2) is 5.04. The normalized spacial score (nSPS) is 18.4. The molecule has 1 aromatic carbocycles. The summed E-state index contributed by atoms with van der Waals surface area (Å²) in [6.45, 7) is 1.91. The number of anilines is 1. The van der Waals surface area contributed by atoms with Gasteiger partial charge in [0.25, 0.3) is 0 Å². The minimum absolute atomic E-state index is 0.0493. The number of hydrogen-bond acceptors (Lipinski definition) is 1. The van der Waals surface area contributed by atoms with E-state index in [0.29, 0.717) is 0 Å². The summed E-state index contributed by atoms with van der Waals surface area (Å²) in [5, 5.41) is 2.57. The molecule has 1 fully saturated rings. The molecular weight excluding hydrogens is 236 g/mol. The molecular formula is C14H17F2NO. The van der Waals surface area contributed by atoms with E-state index in [1.165, 1.54) is 6.07 Å². The molecule has 0 atom stereocenters. The van der Waals surface area contributed by atoms with Crippen LogP contribution in [0.4, 0.5) is 14.5 Å². The van der Waals surface area contributed by atoms with Gasteiger partial charge in [0.1, 0.15) is 11.6 Å². The standard InChI is InChI=1S/C14H17F2NO/c1-14(7-3-2-4-8-14)13(18)17-12-6-5-10(15)9-11(12)16/h5-6,9H,2-4,7-8H2,1H3,(H,17,18). The number of benzene rings is 1. The Labute approximate surface area is 105 Å². The molecule has 0 heterocycles. The van der Waals surface area contributed by atoms with Crippen LogP contribution in [0.25, 0.3) is 0 Å². The molecule has 0 bridgehead atoms. The zero-order chi connectivity index (χ0) is 13.2. The van der Waals surface area contributed by atoms with E-state index in [-0.39, 0.29) is 11.6 Å². The SMILES string of the molecule is CC1(C(=O)Nc2ccc(F)cc2F)CCCCC1. The monoisotopic (exact) mass is 253 g/mol. The van der Waals surface area contributed by atoms with Crippen molar-refractivity contribution in [3.8, 4) is 0 Å². The van der Waals surface area contributed by atoms with E-state index in [0.717, 1.165) is 44.2 Å². The fourth-order valence-corrected chi connectivity index (χ4v) is 2.42. The minimum Gasteiger partial charge on any atom is -0.323 e. The zero-order valence-corrected chi connectivity index (χ0v) is 10.4. The van der Waals surface area contributed by atoms with Crippen molar-refractivity contribution in [2.45, 2.75) is 39.0 Å². The first kappa shape index (κ1) is 13.0. The molecule has 98 valence electrons. The largest absolute Gasteiger partial charge is 0.323 e. The number of carbonyl (C=O) groups is 1. The van der Waals surface area contributed by atoms with Crippen LogP contribution in [0.3, 0.4) is 0 Å². The zero-order valence-electron chi connectivity index (χ0n) is 10.4. The molecule has 0 aromatic heterocycles. The third-order valence-corrected chi connectivity index (χ3v) is 3.68. The first-order chi connectivity index (χ1) is 8.51. The fourth-order valence-electron chi connectivity index (χ4n) is 2.42. The Hall–Kier alpha value is -1.45. The maximum Gasteiger partial charge on any atom is 0.230 e. The van der Waals surface area contributed by atoms with Crippen LogP contribution < -0.4 is 5.32 Å². The third kappa shape index (κ3) is 2.68. The smallest absolute Gasteiger partial charge is 0.230 e. The highest BCUT2D eigenvalue weighted by molar-refractivity contribution is 5.95. The Balaban J connectivity index is 2.11. The maximum atomic E-state index is 13.4. The van der Waals surface area contributed by atoms with Crippen molar-refractivity contribution in [3.63, 3.8) is 0 Å². The van der Waals surface area contributed by atoms with Crippen molar-refractivity contribution in [2.75, 3.05) is 5.32 Å². The first-order valence-corrected chi connectivity index (χ1v) is 6.28. The summed E-state index contributed by atoms with van der Waals surface area (Å²) < 4.78 is 26.2. The van der Waals surface area contributed by atoms with Crippen molar-refractivity contribution in [3.05, 3.63) is 29.8 Å². The summed E-state index contributed by atoms with van der Waals surface area (Å²) in [6, 6.07) is 3.18. The average molecular weight is 253 g/mol. The average Bonchev–Trinajstić information content (AvgIpc) is 2.33. The van der Waals surface area contributed by atoms with Gasteiger partial charge in [-0.2, -0.15) is 0 Å². The highest BCUT2D eigenvalue weighted by Gasteiger charge is 2.34. The van der Waals surface area contributed by atoms with Crippen molar-refractivity contribution in [1.82, 2.24) is 0 Å². The van der Waals surface area contributed by atoms with Gasteiger partial charge >= 0.3 is 0 Å². The first-order valence-electron chi connectivity index (χ1n) is 6.28. The van der Waals surface area contributed by atoms with E-state index in [2.05, 4.69) is 5.32 Å². The van der Waals surface area contributed by atoms with Gasteiger partial charge in [0.15, 0.2) is 0 Å². The van der Waals surface area contributed by atoms with Gasteiger partial charge in [0, 0.05) is 11.5 Å². The molecule has 1 saturated carbocycles. The van der Waals surface area contributed by atoms with E-state index >= 15 is 0 Å². The van der Waals surface area contributed by atoms with Gasteiger partial charge in [0.2, 0.25) is 5.91 Å². The van der Waals surface area contributed by atoms with E-state index < -0.39 is 17.0 Å². The molecule has 2 rings (SSSR count). The number of carbonyl (C=O) groups excluding carboxylic acids is 1. The van der Waals surface area contributed by atoms with Crippen molar-refractivity contribution in [2.24, 2.45) is 5.41 Å². The lowest BCUT2D eigenvalue weighted by molar-refractivity contribution is -0.126. The van der Waals surface area contributed by atoms with E-state index in [4.69, 9.17) is 0 Å². The van der Waals surface area contributed by atoms with Gasteiger partial charge in [-0.05, 0) is 25.0 Å². The van der Waals surface area contributed by atoms with Crippen LogP contribution in [0.15, 0.2) is 18.2 Å². The number of rotatable bonds is 2. The van der Waals surface area contributed by atoms with Crippen LogP contribution >= 0.6 is 0 Å². The fraction of sp³-hybridized carbons (Fsp3) is 0.500. The van der Waals surface area contributed by atoms with E-state index in [1.807, 2.05) is 6.92 Å². The number of halogens is 2. The molecule has 2 nitrogen and oxygen atoms in total. The van der Waals surface area contributed by atoms with Gasteiger partial charge in [-0.15, -0.1) is 0 Å². The van der Waals surface area contributed by atoms with Crippen LogP contribution in [0, 0.1) is 17.0 Å². The summed E-state index contributed by atoms with van der Waals surface area (Å²) in [5.41, 5.74) is -0.382. The van der Waals surface area contributed by atoms with Gasteiger partial charge in [-0.25, -0.2) is 8.78 Å². The summed E-state index contributed by atoms with van der Waals surface area (Å²) in [6.07, 6.45) is 4.84. The number of nitrogens with one attached hydrogen (secondary N) is 1. The van der Waals surface area contributed by atoms with E-state index in [9.17, 15) is 13.6 Å². The molecule has 0 saturated heterocycles. The Morgan fingerprint density at radius 1 is 1.22 bits per heavy atom. The summed E-state index contributed by atoms with van der Waals surface area (Å²) >= 11 is 0. The Kier molecular flexibility index (Phi) is 3.64. The van der Waals surface area contributed by atoms with Crippen molar-refractivity contribution < 1.29 is 13.6 Å². The summed E-state index contributed by atoms with van der Waals surface area (Å²) in [7, 11) is 0. The van der Waals surface area contributed by atoms with Crippen molar-refractivity contribution in [1.29, 1.82) is 0 Å². The summed E-state index contributed by atoms with van der Waals surface area (Å²) in [4.78, 5) is 12.2. The second-order valence-electron chi connectivity index (χ2n) is 5.20. The topological polar surface area (TPSA) is 29.1 Å². The van der Waals surface area contributed by atoms with Gasteiger partial charge in [0.05, 0.1) is 5.69 Å². The molecule has 1 N–H and O–H groups in total. The molecule has 1 aliphatic rings. The maximum absolute atomic E-state index is 13.4. The lowest BCUT2D eigenvalue weighted by atomic mass is 9.75. The summed E-state index contributed by atoms with van der Waals surface area (Å²) in [5.74, 6) is -1.55. The molecule has 1 aliphatic carbocycles. The molecule has 1 amide bonds. The lowest BCUT2D eigenvalue weighted by Gasteiger charge is -2.32. The molecule has 0 unspecified atom stereocenters. The minimum atomic E-state index is -0.734. The van der Waals surface area contributed by atoms with Gasteiger partial charge in [-0.1, -0.05) is 26.2 Å². The predicted molar refractivity (Wildman–Crippen MR) is 66.2 cm³/mol. The van der Waals surface area contributed by atoms with Gasteiger partial charge < -0.3 is 5.32 Å². The highest BCUT2D eigenvalue weighted by Crippen LogP contribution is 2.36. The van der Waals surface area contributed by atoms with Crippen LogP contribution in [-0.2, 0) is 4.79 Å². The Morgan fingerprint density at radius 2 is 1.89 bits per heavy atom. The lowest BCUT2D eigenvalue weighted by Crippen LogP contribution is -2.35. The highest BCUT2D eigenvalue weighted by atomic mass is 19.1. The Bertz CT molecular complexity index is 453. The Morgan fingerprint density at radius 3 is 2.50 bits per heavy atom. The predicted octanol–water partition coefficient (Wildman–Crippen LogP) is 3.87. The van der Waals surface area contributed by atoms with Crippen LogP contribution in [0.2, 0.25) is 0 Å². The number of amides is 1. The molecule has 4 heteroatoms. The van der Waals surface area contributed by atoms with Crippen LogP contribution in [0.5, 0.6) is 0 Å². The van der Waals surface area contributed by atoms with E-state index in [1.54, 1.807) is 0 Å². The third-order valence-electron chi connectivity index (χ3n) is 3.68. The second-order valence-corrected chi connectivity index (χ2v) is 5.20. The van der Waals surface area contributed by atoms with Crippen LogP contribution in [0.1, 0.15) is 39.0 Å². The van der Waals surface area contributed by atoms with Crippen LogP contribution in [-0.4, -0.2) is 5.91 Å². The molecule has 0 aliphatic heterocycles. The molecule has 0 spiro atoms. The van der Waals surface area contributed by atoms with Gasteiger partial charge in [-0.3, -0.25) is 4.79 Å².